The fourth-order valence-corrected chi connectivity index (χ4v) is 2.48. The number of nitrogens with one attached hydrogen (secondary N) is 1. The van der Waals surface area contributed by atoms with Gasteiger partial charge in [0.15, 0.2) is 0 Å². The Labute approximate surface area is 120 Å². The van der Waals surface area contributed by atoms with Crippen molar-refractivity contribution in [3.63, 3.8) is 0 Å². The summed E-state index contributed by atoms with van der Waals surface area (Å²) in [5.74, 6) is -0.173. The van der Waals surface area contributed by atoms with Crippen LogP contribution in [-0.4, -0.2) is 14.1 Å². The van der Waals surface area contributed by atoms with Crippen LogP contribution in [0.25, 0.3) is 0 Å². The van der Waals surface area contributed by atoms with E-state index in [0.717, 1.165) is 5.56 Å². The number of halogens is 1. The van der Waals surface area contributed by atoms with Crippen molar-refractivity contribution in [2.45, 2.75) is 20.0 Å². The molecule has 0 bridgehead atoms. The summed E-state index contributed by atoms with van der Waals surface area (Å²) in [4.78, 5) is 1.97. The fourth-order valence-electron chi connectivity index (χ4n) is 2.48. The molecule has 2 rings (SSSR count). The van der Waals surface area contributed by atoms with Crippen molar-refractivity contribution in [1.29, 1.82) is 0 Å². The van der Waals surface area contributed by atoms with Gasteiger partial charge < -0.3 is 10.2 Å². The second-order valence-electron chi connectivity index (χ2n) is 5.12. The monoisotopic (exact) mass is 272 g/mol. The van der Waals surface area contributed by atoms with Gasteiger partial charge in [0.2, 0.25) is 0 Å². The third-order valence-electron chi connectivity index (χ3n) is 3.32. The van der Waals surface area contributed by atoms with Crippen molar-refractivity contribution in [3.8, 4) is 0 Å². The van der Waals surface area contributed by atoms with E-state index in [1.54, 1.807) is 6.07 Å². The van der Waals surface area contributed by atoms with Crippen molar-refractivity contribution in [1.82, 2.24) is 5.32 Å². The largest absolute Gasteiger partial charge is 0.368 e. The highest BCUT2D eigenvalue weighted by Gasteiger charge is 2.12. The average Bonchev–Trinajstić information content (AvgIpc) is 2.39. The Kier molecular flexibility index (Phi) is 4.74. The predicted octanol–water partition coefficient (Wildman–Crippen LogP) is 3.49. The van der Waals surface area contributed by atoms with Crippen LogP contribution < -0.4 is 10.2 Å². The number of rotatable bonds is 5. The molecule has 0 aromatic heterocycles. The van der Waals surface area contributed by atoms with Crippen molar-refractivity contribution in [2.75, 3.05) is 19.0 Å². The van der Waals surface area contributed by atoms with Gasteiger partial charge in [0.1, 0.15) is 5.82 Å². The van der Waals surface area contributed by atoms with Crippen LogP contribution in [0.3, 0.4) is 0 Å². The second kappa shape index (κ2) is 6.53. The Bertz CT molecular complexity index is 581. The standard InChI is InChI=1S/C17H21FN2/c1-13-6-4-7-14(10-13)12-20(3)17-15(11-19-2)8-5-9-16(17)18/h4-10,19H,11-12H2,1-3H3. The average molecular weight is 272 g/mol. The number of nitrogens with zero attached hydrogens (tertiary/aromatic N) is 1. The van der Waals surface area contributed by atoms with E-state index < -0.39 is 0 Å². The third kappa shape index (κ3) is 3.36. The van der Waals surface area contributed by atoms with Crippen LogP contribution in [0.1, 0.15) is 16.7 Å². The molecule has 0 atom stereocenters. The Balaban J connectivity index is 2.26. The quantitative estimate of drug-likeness (QED) is 0.896. The number of para-hydroxylation sites is 1. The highest BCUT2D eigenvalue weighted by molar-refractivity contribution is 5.54. The van der Waals surface area contributed by atoms with Gasteiger partial charge in [-0.15, -0.1) is 0 Å². The van der Waals surface area contributed by atoms with Gasteiger partial charge >= 0.3 is 0 Å². The summed E-state index contributed by atoms with van der Waals surface area (Å²) >= 11 is 0. The summed E-state index contributed by atoms with van der Waals surface area (Å²) in [7, 11) is 3.80. The van der Waals surface area contributed by atoms with E-state index in [2.05, 4.69) is 30.4 Å². The van der Waals surface area contributed by atoms with Crippen molar-refractivity contribution < 1.29 is 4.39 Å². The van der Waals surface area contributed by atoms with Crippen LogP contribution in [0.5, 0.6) is 0 Å². The fraction of sp³-hybridized carbons (Fsp3) is 0.294. The molecule has 0 aliphatic rings. The number of hydrogen-bond donors (Lipinski definition) is 1. The van der Waals surface area contributed by atoms with Crippen LogP contribution in [0.2, 0.25) is 0 Å². The molecule has 1 N–H and O–H groups in total. The predicted molar refractivity (Wildman–Crippen MR) is 82.4 cm³/mol. The van der Waals surface area contributed by atoms with Crippen molar-refractivity contribution in [3.05, 3.63) is 65.0 Å². The van der Waals surface area contributed by atoms with Gasteiger partial charge in [-0.3, -0.25) is 0 Å². The summed E-state index contributed by atoms with van der Waals surface area (Å²) in [6.45, 7) is 3.42. The molecule has 0 aliphatic heterocycles. The van der Waals surface area contributed by atoms with Gasteiger partial charge in [-0.1, -0.05) is 42.0 Å². The van der Waals surface area contributed by atoms with E-state index in [9.17, 15) is 4.39 Å². The number of benzene rings is 2. The van der Waals surface area contributed by atoms with E-state index in [1.165, 1.54) is 17.2 Å². The molecule has 20 heavy (non-hydrogen) atoms. The van der Waals surface area contributed by atoms with Crippen LogP contribution in [0.15, 0.2) is 42.5 Å². The first-order chi connectivity index (χ1) is 9.61. The zero-order chi connectivity index (χ0) is 14.5. The first-order valence-corrected chi connectivity index (χ1v) is 6.80. The molecule has 3 heteroatoms. The number of anilines is 1. The molecular formula is C17H21FN2. The van der Waals surface area contributed by atoms with Crippen molar-refractivity contribution in [2.24, 2.45) is 0 Å². The summed E-state index contributed by atoms with van der Waals surface area (Å²) in [5.41, 5.74) is 4.05. The molecule has 2 aromatic carbocycles. The molecule has 0 spiro atoms. The smallest absolute Gasteiger partial charge is 0.146 e. The second-order valence-corrected chi connectivity index (χ2v) is 5.12. The van der Waals surface area contributed by atoms with Gasteiger partial charge in [0.05, 0.1) is 5.69 Å². The Morgan fingerprint density at radius 3 is 2.60 bits per heavy atom. The van der Waals surface area contributed by atoms with Gasteiger partial charge in [0.25, 0.3) is 0 Å². The Morgan fingerprint density at radius 1 is 1.15 bits per heavy atom. The van der Waals surface area contributed by atoms with E-state index >= 15 is 0 Å². The zero-order valence-corrected chi connectivity index (χ0v) is 12.3. The highest BCUT2D eigenvalue weighted by atomic mass is 19.1. The lowest BCUT2D eigenvalue weighted by molar-refractivity contribution is 0.617. The minimum Gasteiger partial charge on any atom is -0.368 e. The number of hydrogen-bond acceptors (Lipinski definition) is 2. The molecule has 0 saturated carbocycles. The number of aryl methyl sites for hydroxylation is 1. The topological polar surface area (TPSA) is 15.3 Å². The lowest BCUT2D eigenvalue weighted by Crippen LogP contribution is -2.21. The maximum Gasteiger partial charge on any atom is 0.146 e. The molecule has 106 valence electrons. The summed E-state index contributed by atoms with van der Waals surface area (Å²) in [6, 6.07) is 13.5. The van der Waals surface area contributed by atoms with Crippen LogP contribution >= 0.6 is 0 Å². The van der Waals surface area contributed by atoms with Gasteiger partial charge in [-0.05, 0) is 31.2 Å². The highest BCUT2D eigenvalue weighted by Crippen LogP contribution is 2.25. The lowest BCUT2D eigenvalue weighted by atomic mass is 10.1. The molecule has 0 saturated heterocycles. The minimum absolute atomic E-state index is 0.173. The van der Waals surface area contributed by atoms with Crippen LogP contribution in [0.4, 0.5) is 10.1 Å². The molecule has 0 amide bonds. The van der Waals surface area contributed by atoms with Gasteiger partial charge in [-0.25, -0.2) is 4.39 Å². The van der Waals surface area contributed by atoms with Crippen LogP contribution in [-0.2, 0) is 13.1 Å². The maximum absolute atomic E-state index is 14.1. The van der Waals surface area contributed by atoms with E-state index in [-0.39, 0.29) is 5.82 Å². The molecule has 0 fully saturated rings. The minimum atomic E-state index is -0.173. The van der Waals surface area contributed by atoms with Crippen molar-refractivity contribution >= 4 is 5.69 Å². The molecule has 0 radical (unpaired) electrons. The first kappa shape index (κ1) is 14.5. The molecule has 0 aliphatic carbocycles. The summed E-state index contributed by atoms with van der Waals surface area (Å²) in [5, 5.41) is 3.09. The van der Waals surface area contributed by atoms with E-state index in [1.807, 2.05) is 31.1 Å². The summed E-state index contributed by atoms with van der Waals surface area (Å²) in [6.07, 6.45) is 0. The normalized spacial score (nSPS) is 10.6. The summed E-state index contributed by atoms with van der Waals surface area (Å²) < 4.78 is 14.1. The van der Waals surface area contributed by atoms with Gasteiger partial charge in [-0.2, -0.15) is 0 Å². The molecule has 2 aromatic rings. The molecule has 0 heterocycles. The maximum atomic E-state index is 14.1. The van der Waals surface area contributed by atoms with E-state index in [0.29, 0.717) is 18.8 Å². The lowest BCUT2D eigenvalue weighted by Gasteiger charge is -2.23. The Morgan fingerprint density at radius 2 is 1.90 bits per heavy atom. The Hall–Kier alpha value is -1.87. The van der Waals surface area contributed by atoms with Gasteiger partial charge in [0, 0.05) is 20.1 Å². The SMILES string of the molecule is CNCc1cccc(F)c1N(C)Cc1cccc(C)c1. The molecule has 2 nitrogen and oxygen atoms in total. The van der Waals surface area contributed by atoms with E-state index in [4.69, 9.17) is 0 Å². The van der Waals surface area contributed by atoms with Crippen LogP contribution in [0, 0.1) is 12.7 Å². The third-order valence-corrected chi connectivity index (χ3v) is 3.32. The first-order valence-electron chi connectivity index (χ1n) is 6.80. The zero-order valence-electron chi connectivity index (χ0n) is 12.3. The molecule has 0 unspecified atom stereocenters. The molecular weight excluding hydrogens is 251 g/mol.